The smallest absolute Gasteiger partial charge is 0.253 e. The molecule has 1 aromatic heterocycles. The van der Waals surface area contributed by atoms with Crippen molar-refractivity contribution in [1.29, 1.82) is 0 Å². The molecule has 4 rings (SSSR count). The van der Waals surface area contributed by atoms with Crippen LogP contribution in [0.25, 0.3) is 0 Å². The molecule has 1 aliphatic heterocycles. The van der Waals surface area contributed by atoms with Crippen molar-refractivity contribution in [2.75, 3.05) is 31.1 Å². The van der Waals surface area contributed by atoms with Crippen LogP contribution in [0.3, 0.4) is 0 Å². The fourth-order valence-corrected chi connectivity index (χ4v) is 4.28. The first-order chi connectivity index (χ1) is 14.9. The zero-order valence-corrected chi connectivity index (χ0v) is 19.9. The molecule has 1 aliphatic rings. The Morgan fingerprint density at radius 2 is 1.61 bits per heavy atom. The van der Waals surface area contributed by atoms with Crippen LogP contribution in [-0.4, -0.2) is 47.0 Å². The summed E-state index contributed by atoms with van der Waals surface area (Å²) >= 11 is 9.46. The van der Waals surface area contributed by atoms with Gasteiger partial charge in [0.1, 0.15) is 11.6 Å². The molecule has 0 spiro atoms. The summed E-state index contributed by atoms with van der Waals surface area (Å²) in [5.41, 5.74) is 4.01. The van der Waals surface area contributed by atoms with E-state index in [4.69, 9.17) is 16.6 Å². The van der Waals surface area contributed by atoms with Crippen LogP contribution in [0.2, 0.25) is 5.02 Å². The highest BCUT2D eigenvalue weighted by molar-refractivity contribution is 9.10. The Labute approximate surface area is 196 Å². The van der Waals surface area contributed by atoms with E-state index >= 15 is 0 Å². The van der Waals surface area contributed by atoms with Crippen molar-refractivity contribution in [2.45, 2.75) is 20.3 Å². The maximum absolute atomic E-state index is 12.9. The van der Waals surface area contributed by atoms with Crippen molar-refractivity contribution in [2.24, 2.45) is 0 Å². The SMILES string of the molecule is Cc1nc(C)c(Cc2ccc(Cl)cc2)c(N2CCN(C(=O)c3ccc(Br)cc3)CC2)n1. The topological polar surface area (TPSA) is 49.3 Å². The van der Waals surface area contributed by atoms with Crippen LogP contribution in [0.1, 0.15) is 33.0 Å². The quantitative estimate of drug-likeness (QED) is 0.503. The Hall–Kier alpha value is -2.44. The number of amides is 1. The van der Waals surface area contributed by atoms with Crippen LogP contribution in [-0.2, 0) is 6.42 Å². The van der Waals surface area contributed by atoms with Gasteiger partial charge in [-0.25, -0.2) is 9.97 Å². The molecule has 160 valence electrons. The van der Waals surface area contributed by atoms with Gasteiger partial charge in [-0.05, 0) is 55.8 Å². The van der Waals surface area contributed by atoms with Crippen molar-refractivity contribution < 1.29 is 4.79 Å². The number of carbonyl (C=O) groups is 1. The molecule has 0 unspecified atom stereocenters. The number of hydrogen-bond acceptors (Lipinski definition) is 4. The lowest BCUT2D eigenvalue weighted by Crippen LogP contribution is -2.49. The minimum absolute atomic E-state index is 0.0728. The molecule has 0 saturated carbocycles. The lowest BCUT2D eigenvalue weighted by atomic mass is 10.0. The molecule has 5 nitrogen and oxygen atoms in total. The van der Waals surface area contributed by atoms with Crippen LogP contribution in [0.4, 0.5) is 5.82 Å². The van der Waals surface area contributed by atoms with E-state index in [1.807, 2.05) is 67.3 Å². The van der Waals surface area contributed by atoms with E-state index in [9.17, 15) is 4.79 Å². The third-order valence-electron chi connectivity index (χ3n) is 5.56. The van der Waals surface area contributed by atoms with Gasteiger partial charge in [0.15, 0.2) is 0 Å². The summed E-state index contributed by atoms with van der Waals surface area (Å²) in [7, 11) is 0. The number of aromatic nitrogens is 2. The molecule has 2 aromatic carbocycles. The Morgan fingerprint density at radius 1 is 0.968 bits per heavy atom. The lowest BCUT2D eigenvalue weighted by Gasteiger charge is -2.36. The van der Waals surface area contributed by atoms with Crippen molar-refractivity contribution in [3.05, 3.63) is 86.2 Å². The largest absolute Gasteiger partial charge is 0.353 e. The standard InChI is InChI=1S/C24H24BrClN4O/c1-16-22(15-18-3-9-21(26)10-4-18)23(28-17(2)27-16)29-11-13-30(14-12-29)24(31)19-5-7-20(25)8-6-19/h3-10H,11-15H2,1-2H3. The molecule has 1 amide bonds. The molecule has 2 heterocycles. The summed E-state index contributed by atoms with van der Waals surface area (Å²) in [5.74, 6) is 1.81. The number of halogens is 2. The van der Waals surface area contributed by atoms with Crippen LogP contribution in [0.15, 0.2) is 53.0 Å². The van der Waals surface area contributed by atoms with Gasteiger partial charge < -0.3 is 9.80 Å². The molecule has 3 aromatic rings. The number of carbonyl (C=O) groups excluding carboxylic acids is 1. The number of rotatable bonds is 4. The van der Waals surface area contributed by atoms with E-state index in [2.05, 4.69) is 25.8 Å². The first-order valence-corrected chi connectivity index (χ1v) is 11.5. The summed E-state index contributed by atoms with van der Waals surface area (Å²) < 4.78 is 0.969. The molecule has 1 saturated heterocycles. The predicted octanol–water partition coefficient (Wildman–Crippen LogP) is 5.06. The van der Waals surface area contributed by atoms with E-state index < -0.39 is 0 Å². The highest BCUT2D eigenvalue weighted by Crippen LogP contribution is 2.26. The maximum Gasteiger partial charge on any atom is 0.253 e. The molecule has 0 radical (unpaired) electrons. The lowest BCUT2D eigenvalue weighted by molar-refractivity contribution is 0.0746. The van der Waals surface area contributed by atoms with Gasteiger partial charge in [0.2, 0.25) is 0 Å². The van der Waals surface area contributed by atoms with Crippen LogP contribution in [0.5, 0.6) is 0 Å². The zero-order chi connectivity index (χ0) is 22.0. The van der Waals surface area contributed by atoms with Crippen LogP contribution < -0.4 is 4.90 Å². The van der Waals surface area contributed by atoms with Gasteiger partial charge in [-0.15, -0.1) is 0 Å². The maximum atomic E-state index is 12.9. The molecule has 0 aliphatic carbocycles. The molecular formula is C24H24BrClN4O. The molecule has 1 fully saturated rings. The predicted molar refractivity (Wildman–Crippen MR) is 128 cm³/mol. The van der Waals surface area contributed by atoms with E-state index in [-0.39, 0.29) is 5.91 Å². The summed E-state index contributed by atoms with van der Waals surface area (Å²) in [5, 5.41) is 0.729. The van der Waals surface area contributed by atoms with Gasteiger partial charge in [-0.3, -0.25) is 4.79 Å². The van der Waals surface area contributed by atoms with Gasteiger partial charge in [0, 0.05) is 58.9 Å². The number of nitrogens with zero attached hydrogens (tertiary/aromatic N) is 4. The minimum Gasteiger partial charge on any atom is -0.353 e. The summed E-state index contributed by atoms with van der Waals surface area (Å²) in [6.07, 6.45) is 0.747. The van der Waals surface area contributed by atoms with E-state index in [1.54, 1.807) is 0 Å². The van der Waals surface area contributed by atoms with Gasteiger partial charge in [-0.2, -0.15) is 0 Å². The molecule has 0 N–H and O–H groups in total. The molecule has 0 bridgehead atoms. The first kappa shape index (κ1) is 21.8. The molecule has 0 atom stereocenters. The second kappa shape index (κ2) is 9.37. The highest BCUT2D eigenvalue weighted by atomic mass is 79.9. The number of anilines is 1. The Bertz CT molecular complexity index is 1080. The minimum atomic E-state index is 0.0728. The van der Waals surface area contributed by atoms with Crippen molar-refractivity contribution in [3.8, 4) is 0 Å². The highest BCUT2D eigenvalue weighted by Gasteiger charge is 2.25. The van der Waals surface area contributed by atoms with Crippen molar-refractivity contribution in [3.63, 3.8) is 0 Å². The Morgan fingerprint density at radius 3 is 2.26 bits per heavy atom. The first-order valence-electron chi connectivity index (χ1n) is 10.3. The fourth-order valence-electron chi connectivity index (χ4n) is 3.89. The number of piperazine rings is 1. The fraction of sp³-hybridized carbons (Fsp3) is 0.292. The summed E-state index contributed by atoms with van der Waals surface area (Å²) in [4.78, 5) is 26.4. The third-order valence-corrected chi connectivity index (χ3v) is 6.34. The van der Waals surface area contributed by atoms with Crippen molar-refractivity contribution >= 4 is 39.3 Å². The van der Waals surface area contributed by atoms with Crippen molar-refractivity contribution in [1.82, 2.24) is 14.9 Å². The van der Waals surface area contributed by atoms with E-state index in [0.29, 0.717) is 18.7 Å². The van der Waals surface area contributed by atoms with Crippen LogP contribution >= 0.6 is 27.5 Å². The Balaban J connectivity index is 1.51. The van der Waals surface area contributed by atoms with E-state index in [1.165, 1.54) is 5.56 Å². The van der Waals surface area contributed by atoms with Gasteiger partial charge in [0.05, 0.1) is 0 Å². The second-order valence-electron chi connectivity index (χ2n) is 7.75. The Kier molecular flexibility index (Phi) is 6.58. The summed E-state index contributed by atoms with van der Waals surface area (Å²) in [6, 6.07) is 15.4. The molecule has 31 heavy (non-hydrogen) atoms. The summed E-state index contributed by atoms with van der Waals surface area (Å²) in [6.45, 7) is 6.78. The number of aryl methyl sites for hydroxylation is 2. The number of hydrogen-bond donors (Lipinski definition) is 0. The third kappa shape index (κ3) is 5.08. The van der Waals surface area contributed by atoms with E-state index in [0.717, 1.165) is 51.9 Å². The molecular weight excluding hydrogens is 476 g/mol. The van der Waals surface area contributed by atoms with Gasteiger partial charge in [-0.1, -0.05) is 39.7 Å². The zero-order valence-electron chi connectivity index (χ0n) is 17.6. The molecule has 7 heteroatoms. The van der Waals surface area contributed by atoms with Gasteiger partial charge >= 0.3 is 0 Å². The van der Waals surface area contributed by atoms with Gasteiger partial charge in [0.25, 0.3) is 5.91 Å². The average molecular weight is 500 g/mol. The monoisotopic (exact) mass is 498 g/mol. The second-order valence-corrected chi connectivity index (χ2v) is 9.10. The number of benzene rings is 2. The normalized spacial score (nSPS) is 14.1. The van der Waals surface area contributed by atoms with Crippen LogP contribution in [0, 0.1) is 13.8 Å². The average Bonchev–Trinajstić information content (AvgIpc) is 2.77.